The SMILES string of the molecule is O=C(NC[C@H](c1cccs1)N1CCOCC1)c1ccccc1NS(=O)(=O)c1cc([N+](=O)[O-])ccc1Cl. The molecule has 1 amide bonds. The predicted octanol–water partition coefficient (Wildman–Crippen LogP) is 3.91. The summed E-state index contributed by atoms with van der Waals surface area (Å²) in [5.41, 5.74) is -0.292. The lowest BCUT2D eigenvalue weighted by atomic mass is 10.1. The third-order valence-electron chi connectivity index (χ3n) is 5.65. The summed E-state index contributed by atoms with van der Waals surface area (Å²) in [6.45, 7) is 3.01. The molecule has 1 aliphatic heterocycles. The van der Waals surface area contributed by atoms with E-state index in [1.54, 1.807) is 23.5 Å². The van der Waals surface area contributed by atoms with Crippen molar-refractivity contribution in [2.75, 3.05) is 37.6 Å². The van der Waals surface area contributed by atoms with E-state index in [0.717, 1.165) is 36.2 Å². The molecule has 0 bridgehead atoms. The number of nitrogens with zero attached hydrogens (tertiary/aromatic N) is 2. The zero-order chi connectivity index (χ0) is 25.7. The van der Waals surface area contributed by atoms with Crippen LogP contribution in [0.15, 0.2) is 64.9 Å². The van der Waals surface area contributed by atoms with E-state index < -0.39 is 31.4 Å². The van der Waals surface area contributed by atoms with Gasteiger partial charge >= 0.3 is 0 Å². The van der Waals surface area contributed by atoms with Gasteiger partial charge in [0.2, 0.25) is 0 Å². The van der Waals surface area contributed by atoms with Crippen LogP contribution in [0.3, 0.4) is 0 Å². The minimum atomic E-state index is -4.33. The molecule has 10 nitrogen and oxygen atoms in total. The first kappa shape index (κ1) is 26.0. The number of amides is 1. The topological polar surface area (TPSA) is 131 Å². The number of halogens is 1. The van der Waals surface area contributed by atoms with Crippen molar-refractivity contribution in [2.24, 2.45) is 0 Å². The number of rotatable bonds is 9. The van der Waals surface area contributed by atoms with Crippen LogP contribution in [0.4, 0.5) is 11.4 Å². The number of hydrogen-bond donors (Lipinski definition) is 2. The fraction of sp³-hybridized carbons (Fsp3) is 0.261. The molecule has 36 heavy (non-hydrogen) atoms. The Labute approximate surface area is 217 Å². The number of sulfonamides is 1. The number of anilines is 1. The van der Waals surface area contributed by atoms with Gasteiger partial charge in [0.05, 0.1) is 40.5 Å². The highest BCUT2D eigenvalue weighted by Gasteiger charge is 2.26. The summed E-state index contributed by atoms with van der Waals surface area (Å²) < 4.78 is 33.9. The number of nitrogens with one attached hydrogen (secondary N) is 2. The van der Waals surface area contributed by atoms with E-state index in [4.69, 9.17) is 16.3 Å². The second-order valence-electron chi connectivity index (χ2n) is 7.91. The molecule has 1 fully saturated rings. The van der Waals surface area contributed by atoms with E-state index in [1.807, 2.05) is 17.5 Å². The van der Waals surface area contributed by atoms with E-state index in [2.05, 4.69) is 14.9 Å². The van der Waals surface area contributed by atoms with Gasteiger partial charge in [-0.05, 0) is 29.6 Å². The van der Waals surface area contributed by atoms with Crippen LogP contribution in [-0.2, 0) is 14.8 Å². The maximum absolute atomic E-state index is 13.2. The Morgan fingerprint density at radius 2 is 1.92 bits per heavy atom. The average molecular weight is 551 g/mol. The van der Waals surface area contributed by atoms with Crippen molar-refractivity contribution < 1.29 is 22.9 Å². The Hall–Kier alpha value is -3.03. The molecule has 2 aromatic carbocycles. The molecule has 2 heterocycles. The highest BCUT2D eigenvalue weighted by molar-refractivity contribution is 7.92. The van der Waals surface area contributed by atoms with E-state index in [9.17, 15) is 23.3 Å². The van der Waals surface area contributed by atoms with Crippen LogP contribution in [-0.4, -0.2) is 57.0 Å². The van der Waals surface area contributed by atoms with Gasteiger partial charge in [-0.2, -0.15) is 0 Å². The number of ether oxygens (including phenoxy) is 1. The molecule has 3 aromatic rings. The van der Waals surface area contributed by atoms with Crippen molar-refractivity contribution in [2.45, 2.75) is 10.9 Å². The zero-order valence-electron chi connectivity index (χ0n) is 18.9. The smallest absolute Gasteiger partial charge is 0.270 e. The van der Waals surface area contributed by atoms with Crippen LogP contribution < -0.4 is 10.0 Å². The largest absolute Gasteiger partial charge is 0.379 e. The molecule has 1 aromatic heterocycles. The minimum absolute atomic E-state index is 0.0246. The molecular weight excluding hydrogens is 528 g/mol. The van der Waals surface area contributed by atoms with Crippen LogP contribution in [0.2, 0.25) is 5.02 Å². The third-order valence-corrected chi connectivity index (χ3v) is 8.47. The number of benzene rings is 2. The van der Waals surface area contributed by atoms with Crippen molar-refractivity contribution in [1.82, 2.24) is 10.2 Å². The number of thiophene rings is 1. The van der Waals surface area contributed by atoms with Gasteiger partial charge in [-0.15, -0.1) is 11.3 Å². The lowest BCUT2D eigenvalue weighted by Gasteiger charge is -2.34. The number of carbonyl (C=O) groups is 1. The van der Waals surface area contributed by atoms with Gasteiger partial charge in [-0.25, -0.2) is 8.42 Å². The van der Waals surface area contributed by atoms with Crippen LogP contribution in [0.5, 0.6) is 0 Å². The Balaban J connectivity index is 1.54. The third kappa shape index (κ3) is 6.02. The molecule has 0 unspecified atom stereocenters. The van der Waals surface area contributed by atoms with Crippen molar-refractivity contribution in [3.05, 3.63) is 85.6 Å². The highest BCUT2D eigenvalue weighted by Crippen LogP contribution is 2.29. The highest BCUT2D eigenvalue weighted by atomic mass is 35.5. The van der Waals surface area contributed by atoms with E-state index in [-0.39, 0.29) is 22.3 Å². The Morgan fingerprint density at radius 1 is 1.17 bits per heavy atom. The Morgan fingerprint density at radius 3 is 2.61 bits per heavy atom. The molecule has 0 radical (unpaired) electrons. The number of nitro benzene ring substituents is 1. The molecule has 1 atom stereocenters. The molecule has 190 valence electrons. The Bertz CT molecular complexity index is 1340. The summed E-state index contributed by atoms with van der Waals surface area (Å²) in [5.74, 6) is -0.465. The first-order chi connectivity index (χ1) is 17.3. The van der Waals surface area contributed by atoms with Crippen molar-refractivity contribution in [3.8, 4) is 0 Å². The quantitative estimate of drug-likeness (QED) is 0.305. The van der Waals surface area contributed by atoms with E-state index >= 15 is 0 Å². The van der Waals surface area contributed by atoms with Crippen LogP contribution >= 0.6 is 22.9 Å². The number of hydrogen-bond acceptors (Lipinski definition) is 8. The van der Waals surface area contributed by atoms with E-state index in [1.165, 1.54) is 12.1 Å². The number of nitro groups is 1. The first-order valence-corrected chi connectivity index (χ1v) is 13.7. The van der Waals surface area contributed by atoms with Gasteiger partial charge in [0.25, 0.3) is 21.6 Å². The standard InChI is InChI=1S/C23H23ClN4O6S2/c24-18-8-7-16(28(30)31)14-22(18)36(32,33)26-19-5-2-1-4-17(19)23(29)25-15-20(21-6-3-13-35-21)27-9-11-34-12-10-27/h1-8,13-14,20,26H,9-12,15H2,(H,25,29)/t20-/m1/s1. The lowest BCUT2D eigenvalue weighted by Crippen LogP contribution is -2.43. The van der Waals surface area contributed by atoms with Gasteiger partial charge in [0, 0.05) is 36.6 Å². The number of para-hydroxylation sites is 1. The average Bonchev–Trinajstić information content (AvgIpc) is 3.39. The molecule has 0 spiro atoms. The van der Waals surface area contributed by atoms with Crippen LogP contribution in [0, 0.1) is 10.1 Å². The van der Waals surface area contributed by atoms with Crippen LogP contribution in [0.25, 0.3) is 0 Å². The summed E-state index contributed by atoms with van der Waals surface area (Å²) in [6, 6.07) is 13.2. The van der Waals surface area contributed by atoms with Crippen molar-refractivity contribution >= 4 is 50.2 Å². The van der Waals surface area contributed by atoms with Gasteiger partial charge in [0.15, 0.2) is 0 Å². The molecule has 0 aliphatic carbocycles. The molecule has 4 rings (SSSR count). The summed E-state index contributed by atoms with van der Waals surface area (Å²) in [6.07, 6.45) is 0. The molecule has 13 heteroatoms. The number of morpholine rings is 1. The normalized spacial score (nSPS) is 15.2. The second-order valence-corrected chi connectivity index (χ2v) is 10.9. The van der Waals surface area contributed by atoms with Crippen molar-refractivity contribution in [1.29, 1.82) is 0 Å². The summed E-state index contributed by atoms with van der Waals surface area (Å²) in [7, 11) is -4.33. The predicted molar refractivity (Wildman–Crippen MR) is 137 cm³/mol. The maximum Gasteiger partial charge on any atom is 0.270 e. The summed E-state index contributed by atoms with van der Waals surface area (Å²) in [5, 5.41) is 15.8. The molecule has 1 saturated heterocycles. The minimum Gasteiger partial charge on any atom is -0.379 e. The zero-order valence-corrected chi connectivity index (χ0v) is 21.3. The van der Waals surface area contributed by atoms with Crippen LogP contribution in [0.1, 0.15) is 21.3 Å². The van der Waals surface area contributed by atoms with Gasteiger partial charge in [-0.1, -0.05) is 29.8 Å². The second kappa shape index (κ2) is 11.4. The molecule has 1 aliphatic rings. The number of non-ortho nitro benzene ring substituents is 1. The Kier molecular flexibility index (Phi) is 8.21. The summed E-state index contributed by atoms with van der Waals surface area (Å²) in [4.78, 5) is 26.4. The van der Waals surface area contributed by atoms with Gasteiger partial charge in [0.1, 0.15) is 4.90 Å². The maximum atomic E-state index is 13.2. The lowest BCUT2D eigenvalue weighted by molar-refractivity contribution is -0.385. The molecule has 2 N–H and O–H groups in total. The monoisotopic (exact) mass is 550 g/mol. The van der Waals surface area contributed by atoms with E-state index in [0.29, 0.717) is 19.8 Å². The first-order valence-electron chi connectivity index (χ1n) is 11.0. The van der Waals surface area contributed by atoms with Gasteiger partial charge in [-0.3, -0.25) is 24.5 Å². The fourth-order valence-electron chi connectivity index (χ4n) is 3.85. The van der Waals surface area contributed by atoms with Crippen molar-refractivity contribution in [3.63, 3.8) is 0 Å². The molecular formula is C23H23ClN4O6S2. The fourth-order valence-corrected chi connectivity index (χ4v) is 6.31. The summed E-state index contributed by atoms with van der Waals surface area (Å²) >= 11 is 7.63. The molecule has 0 saturated carbocycles. The van der Waals surface area contributed by atoms with Gasteiger partial charge < -0.3 is 10.1 Å². The number of carbonyl (C=O) groups excluding carboxylic acids is 1.